The van der Waals surface area contributed by atoms with E-state index in [1.54, 1.807) is 36.7 Å². The van der Waals surface area contributed by atoms with Gasteiger partial charge in [-0.05, 0) is 49.9 Å². The summed E-state index contributed by atoms with van der Waals surface area (Å²) in [5.41, 5.74) is 0.728. The van der Waals surface area contributed by atoms with Gasteiger partial charge in [0.25, 0.3) is 0 Å². The molecule has 0 spiro atoms. The predicted octanol–water partition coefficient (Wildman–Crippen LogP) is 3.38. The van der Waals surface area contributed by atoms with E-state index in [2.05, 4.69) is 20.4 Å². The number of carbonyl (C=O) groups is 1. The van der Waals surface area contributed by atoms with E-state index in [1.807, 2.05) is 6.07 Å². The molecule has 5 rings (SSSR count). The van der Waals surface area contributed by atoms with Crippen molar-refractivity contribution in [3.63, 3.8) is 0 Å². The van der Waals surface area contributed by atoms with Gasteiger partial charge in [0.15, 0.2) is 0 Å². The van der Waals surface area contributed by atoms with Crippen LogP contribution >= 0.6 is 0 Å². The fourth-order valence-electron chi connectivity index (χ4n) is 5.28. The maximum atomic E-state index is 14.0. The van der Waals surface area contributed by atoms with Crippen molar-refractivity contribution < 1.29 is 22.5 Å². The average molecular weight is 526 g/mol. The molecule has 2 aromatic heterocycles. The second kappa shape index (κ2) is 11.0. The zero-order chi connectivity index (χ0) is 25.8. The predicted molar refractivity (Wildman–Crippen MR) is 135 cm³/mol. The van der Waals surface area contributed by atoms with Crippen molar-refractivity contribution in [3.8, 4) is 17.1 Å². The molecule has 0 bridgehead atoms. The van der Waals surface area contributed by atoms with Crippen molar-refractivity contribution in [1.82, 2.24) is 24.7 Å². The molecule has 196 valence electrons. The van der Waals surface area contributed by atoms with Gasteiger partial charge < -0.3 is 14.6 Å². The lowest BCUT2D eigenvalue weighted by molar-refractivity contribution is -0.125. The number of sulfonamides is 1. The largest absolute Gasteiger partial charge is 0.497 e. The highest BCUT2D eigenvalue weighted by Gasteiger charge is 2.47. The van der Waals surface area contributed by atoms with Crippen LogP contribution in [-0.4, -0.2) is 60.0 Å². The second-order valence-electron chi connectivity index (χ2n) is 9.54. The number of hydrogen-bond donors (Lipinski definition) is 1. The Morgan fingerprint density at radius 2 is 1.97 bits per heavy atom. The third-order valence-electron chi connectivity index (χ3n) is 7.20. The van der Waals surface area contributed by atoms with Gasteiger partial charge in [-0.15, -0.1) is 0 Å². The number of benzene rings is 1. The van der Waals surface area contributed by atoms with Gasteiger partial charge in [0, 0.05) is 49.1 Å². The first-order valence-electron chi connectivity index (χ1n) is 12.6. The molecule has 3 heterocycles. The Balaban J connectivity index is 1.49. The molecule has 2 aliphatic rings. The molecule has 1 amide bonds. The van der Waals surface area contributed by atoms with Crippen LogP contribution in [-0.2, 0) is 14.8 Å². The van der Waals surface area contributed by atoms with Crippen molar-refractivity contribution in [1.29, 1.82) is 0 Å². The Kier molecular flexibility index (Phi) is 7.52. The monoisotopic (exact) mass is 525 g/mol. The molecule has 1 aliphatic heterocycles. The third kappa shape index (κ3) is 5.37. The summed E-state index contributed by atoms with van der Waals surface area (Å²) in [6.45, 7) is 0.923. The van der Waals surface area contributed by atoms with E-state index in [-0.39, 0.29) is 16.7 Å². The summed E-state index contributed by atoms with van der Waals surface area (Å²) >= 11 is 0. The van der Waals surface area contributed by atoms with E-state index in [9.17, 15) is 13.2 Å². The molecule has 37 heavy (non-hydrogen) atoms. The van der Waals surface area contributed by atoms with Crippen LogP contribution in [0.25, 0.3) is 11.4 Å². The van der Waals surface area contributed by atoms with Crippen molar-refractivity contribution in [2.75, 3.05) is 20.2 Å². The van der Waals surface area contributed by atoms with E-state index in [0.717, 1.165) is 31.2 Å². The van der Waals surface area contributed by atoms with Crippen LogP contribution in [0.1, 0.15) is 50.3 Å². The minimum absolute atomic E-state index is 0.132. The zero-order valence-electron chi connectivity index (χ0n) is 20.7. The maximum absolute atomic E-state index is 14.0. The van der Waals surface area contributed by atoms with Crippen LogP contribution < -0.4 is 10.1 Å². The van der Waals surface area contributed by atoms with Gasteiger partial charge in [0.2, 0.25) is 27.6 Å². The van der Waals surface area contributed by atoms with Gasteiger partial charge in [-0.2, -0.15) is 9.29 Å². The van der Waals surface area contributed by atoms with Crippen LogP contribution in [0.2, 0.25) is 0 Å². The number of hydrogen-bond acceptors (Lipinski definition) is 8. The van der Waals surface area contributed by atoms with E-state index < -0.39 is 22.0 Å². The van der Waals surface area contributed by atoms with E-state index in [4.69, 9.17) is 9.26 Å². The first-order chi connectivity index (χ1) is 18.0. The van der Waals surface area contributed by atoms with Crippen LogP contribution in [0.3, 0.4) is 0 Å². The number of carbonyl (C=O) groups excluding carboxylic acids is 1. The van der Waals surface area contributed by atoms with E-state index in [1.165, 1.54) is 17.5 Å². The molecule has 10 nitrogen and oxygen atoms in total. The molecule has 1 aromatic carbocycles. The lowest BCUT2D eigenvalue weighted by Gasteiger charge is -2.31. The molecule has 0 unspecified atom stereocenters. The summed E-state index contributed by atoms with van der Waals surface area (Å²) in [5, 5.41) is 7.14. The molecule has 3 atom stereocenters. The molecular weight excluding hydrogens is 494 g/mol. The molecule has 2 fully saturated rings. The van der Waals surface area contributed by atoms with Crippen molar-refractivity contribution >= 4 is 15.9 Å². The number of fused-ring (bicyclic) bond motifs is 1. The number of nitrogens with one attached hydrogen (secondary N) is 1. The van der Waals surface area contributed by atoms with Gasteiger partial charge >= 0.3 is 0 Å². The quantitative estimate of drug-likeness (QED) is 0.537. The van der Waals surface area contributed by atoms with E-state index in [0.29, 0.717) is 43.4 Å². The summed E-state index contributed by atoms with van der Waals surface area (Å²) in [4.78, 5) is 22.1. The van der Waals surface area contributed by atoms with Crippen molar-refractivity contribution in [2.45, 2.75) is 55.4 Å². The van der Waals surface area contributed by atoms with Crippen LogP contribution in [0.15, 0.2) is 58.2 Å². The number of amides is 1. The summed E-state index contributed by atoms with van der Waals surface area (Å²) in [6.07, 6.45) is 7.57. The number of nitrogens with zero attached hydrogens (tertiary/aromatic N) is 4. The highest BCUT2D eigenvalue weighted by atomic mass is 32.2. The molecule has 1 aliphatic carbocycles. The van der Waals surface area contributed by atoms with Gasteiger partial charge in [-0.25, -0.2) is 8.42 Å². The normalized spacial score (nSPS) is 23.6. The molecule has 1 saturated carbocycles. The topological polar surface area (TPSA) is 128 Å². The Labute approximate surface area is 216 Å². The summed E-state index contributed by atoms with van der Waals surface area (Å²) in [5.74, 6) is 0.383. The number of rotatable bonds is 5. The van der Waals surface area contributed by atoms with Crippen LogP contribution in [0.4, 0.5) is 0 Å². The third-order valence-corrected chi connectivity index (χ3v) is 9.12. The fourth-order valence-corrected chi connectivity index (χ4v) is 7.03. The SMILES string of the molecule is COc1cccc(S(=O)(=O)N2CCCCCCNC(=O)[C@@H]3C[C@@H](c4nc(-c5cccnc5)no4)C[C@@H]32)c1. The zero-order valence-corrected chi connectivity index (χ0v) is 21.6. The standard InChI is InChI=1S/C26H31N5O5S/c1-35-20-9-6-10-21(16-20)37(33,34)31-13-5-3-2-4-12-28-25(32)22-14-19(15-23(22)31)26-29-24(30-36-26)18-8-7-11-27-17-18/h6-11,16-17,19,22-23H,2-5,12-15H2,1H3,(H,28,32)/t19-,22-,23+/m1/s1. The van der Waals surface area contributed by atoms with Gasteiger partial charge in [-0.3, -0.25) is 9.78 Å². The second-order valence-corrected chi connectivity index (χ2v) is 11.4. The number of ether oxygens (including phenoxy) is 1. The highest BCUT2D eigenvalue weighted by molar-refractivity contribution is 7.89. The molecule has 1 N–H and O–H groups in total. The fraction of sp³-hybridized carbons (Fsp3) is 0.462. The Bertz CT molecular complexity index is 1330. The van der Waals surface area contributed by atoms with Gasteiger partial charge in [-0.1, -0.05) is 24.1 Å². The lowest BCUT2D eigenvalue weighted by atomic mass is 10.0. The molecule has 11 heteroatoms. The molecule has 3 aromatic rings. The van der Waals surface area contributed by atoms with Crippen LogP contribution in [0, 0.1) is 5.92 Å². The number of pyridine rings is 1. The Hall–Kier alpha value is -3.31. The first-order valence-corrected chi connectivity index (χ1v) is 14.1. The van der Waals surface area contributed by atoms with Crippen molar-refractivity contribution in [2.24, 2.45) is 5.92 Å². The maximum Gasteiger partial charge on any atom is 0.243 e. The van der Waals surface area contributed by atoms with E-state index >= 15 is 0 Å². The minimum atomic E-state index is -3.90. The first kappa shape index (κ1) is 25.3. The molecule has 1 saturated heterocycles. The highest BCUT2D eigenvalue weighted by Crippen LogP contribution is 2.43. The summed E-state index contributed by atoms with van der Waals surface area (Å²) < 4.78 is 40.3. The molecule has 0 radical (unpaired) electrons. The number of methoxy groups -OCH3 is 1. The number of aromatic nitrogens is 3. The Morgan fingerprint density at radius 3 is 2.78 bits per heavy atom. The van der Waals surface area contributed by atoms with Gasteiger partial charge in [0.05, 0.1) is 17.9 Å². The minimum Gasteiger partial charge on any atom is -0.497 e. The smallest absolute Gasteiger partial charge is 0.243 e. The van der Waals surface area contributed by atoms with Crippen LogP contribution in [0.5, 0.6) is 5.75 Å². The molecular formula is C26H31N5O5S. The Morgan fingerprint density at radius 1 is 1.11 bits per heavy atom. The summed E-state index contributed by atoms with van der Waals surface area (Å²) in [7, 11) is -2.39. The van der Waals surface area contributed by atoms with Crippen molar-refractivity contribution in [3.05, 3.63) is 54.7 Å². The lowest BCUT2D eigenvalue weighted by Crippen LogP contribution is -2.47. The van der Waals surface area contributed by atoms with Gasteiger partial charge in [0.1, 0.15) is 5.75 Å². The summed E-state index contributed by atoms with van der Waals surface area (Å²) in [6, 6.07) is 9.58. The average Bonchev–Trinajstić information content (AvgIpc) is 3.58.